The highest BCUT2D eigenvalue weighted by Crippen LogP contribution is 1.84. The van der Waals surface area contributed by atoms with Crippen molar-refractivity contribution in [3.63, 3.8) is 0 Å². The van der Waals surface area contributed by atoms with Crippen molar-refractivity contribution in [3.8, 4) is 0 Å². The molecule has 0 aromatic rings. The van der Waals surface area contributed by atoms with E-state index in [1.807, 2.05) is 19.8 Å². The SMILES string of the molecule is [CH2]C[CH][CH]C. The third kappa shape index (κ3) is 4.00. The van der Waals surface area contributed by atoms with Crippen LogP contribution in [-0.4, -0.2) is 0 Å². The van der Waals surface area contributed by atoms with Crippen LogP contribution in [0.15, 0.2) is 0 Å². The molecule has 0 atom stereocenters. The summed E-state index contributed by atoms with van der Waals surface area (Å²) in [5.41, 5.74) is 0. The van der Waals surface area contributed by atoms with E-state index in [0.717, 1.165) is 6.42 Å². The monoisotopic (exact) mass is 69.1 g/mol. The predicted molar refractivity (Wildman–Crippen MR) is 24.2 cm³/mol. The summed E-state index contributed by atoms with van der Waals surface area (Å²) >= 11 is 0. The average Bonchev–Trinajstić information content (AvgIpc) is 1.41. The molecule has 0 N–H and O–H groups in total. The van der Waals surface area contributed by atoms with E-state index in [-0.39, 0.29) is 0 Å². The van der Waals surface area contributed by atoms with Crippen LogP contribution in [0.2, 0.25) is 0 Å². The molecule has 5 heavy (non-hydrogen) atoms. The second-order valence-electron chi connectivity index (χ2n) is 0.858. The van der Waals surface area contributed by atoms with Gasteiger partial charge in [0.15, 0.2) is 0 Å². The van der Waals surface area contributed by atoms with Gasteiger partial charge in [-0.2, -0.15) is 0 Å². The summed E-state index contributed by atoms with van der Waals surface area (Å²) < 4.78 is 0. The van der Waals surface area contributed by atoms with E-state index < -0.39 is 0 Å². The Labute approximate surface area is 34.2 Å². The highest BCUT2D eigenvalue weighted by molar-refractivity contribution is 4.78. The maximum atomic E-state index is 3.59. The van der Waals surface area contributed by atoms with Gasteiger partial charge in [0.25, 0.3) is 0 Å². The third-order valence-electron chi connectivity index (χ3n) is 0.402. The van der Waals surface area contributed by atoms with Crippen LogP contribution in [0.1, 0.15) is 13.3 Å². The summed E-state index contributed by atoms with van der Waals surface area (Å²) in [6, 6.07) is 0. The molecule has 3 radical (unpaired) electrons. The second kappa shape index (κ2) is 4.00. The van der Waals surface area contributed by atoms with E-state index >= 15 is 0 Å². The van der Waals surface area contributed by atoms with Crippen molar-refractivity contribution in [2.75, 3.05) is 0 Å². The minimum atomic E-state index is 0.913. The van der Waals surface area contributed by atoms with Gasteiger partial charge in [0.1, 0.15) is 0 Å². The fourth-order valence-corrected chi connectivity index (χ4v) is 0.167. The minimum Gasteiger partial charge on any atom is -0.0620 e. The Morgan fingerprint density at radius 1 is 1.80 bits per heavy atom. The first-order chi connectivity index (χ1) is 2.41. The molecule has 0 heterocycles. The smallest absolute Gasteiger partial charge is 0.0355 e. The van der Waals surface area contributed by atoms with Crippen LogP contribution >= 0.6 is 0 Å². The minimum absolute atomic E-state index is 0.913. The zero-order valence-corrected chi connectivity index (χ0v) is 3.57. The largest absolute Gasteiger partial charge is 0.0620 e. The molecular weight excluding hydrogens is 60.1 g/mol. The van der Waals surface area contributed by atoms with Gasteiger partial charge >= 0.3 is 0 Å². The fraction of sp³-hybridized carbons (Fsp3) is 0.400. The van der Waals surface area contributed by atoms with Crippen molar-refractivity contribution in [1.82, 2.24) is 0 Å². The van der Waals surface area contributed by atoms with Crippen LogP contribution in [0.4, 0.5) is 0 Å². The Morgan fingerprint density at radius 3 is 2.40 bits per heavy atom. The summed E-state index contributed by atoms with van der Waals surface area (Å²) in [4.78, 5) is 0. The summed E-state index contributed by atoms with van der Waals surface area (Å²) in [7, 11) is 0. The lowest BCUT2D eigenvalue weighted by atomic mass is 10.3. The topological polar surface area (TPSA) is 0 Å². The number of rotatable bonds is 2. The van der Waals surface area contributed by atoms with Gasteiger partial charge in [-0.15, -0.1) is 0 Å². The van der Waals surface area contributed by atoms with Gasteiger partial charge in [0.2, 0.25) is 0 Å². The van der Waals surface area contributed by atoms with Crippen LogP contribution < -0.4 is 0 Å². The van der Waals surface area contributed by atoms with E-state index in [1.54, 1.807) is 0 Å². The molecule has 0 heteroatoms. The van der Waals surface area contributed by atoms with E-state index in [2.05, 4.69) is 6.92 Å². The molecule has 0 rings (SSSR count). The standard InChI is InChI=1S/C5H9/c1-3-5-4-2/h4-5H,1,3H2,2H3. The second-order valence-corrected chi connectivity index (χ2v) is 0.858. The summed E-state index contributed by atoms with van der Waals surface area (Å²) in [5, 5.41) is 0. The first kappa shape index (κ1) is 5.00. The lowest BCUT2D eigenvalue weighted by Crippen LogP contribution is -1.63. The Balaban J connectivity index is 2.19. The Bertz CT molecular complexity index is 7.51. The Morgan fingerprint density at radius 2 is 2.40 bits per heavy atom. The van der Waals surface area contributed by atoms with Crippen LogP contribution in [0.5, 0.6) is 0 Å². The highest BCUT2D eigenvalue weighted by Gasteiger charge is 1.69. The summed E-state index contributed by atoms with van der Waals surface area (Å²) in [6.07, 6.45) is 4.92. The first-order valence-corrected chi connectivity index (χ1v) is 1.82. The van der Waals surface area contributed by atoms with Crippen LogP contribution in [-0.2, 0) is 0 Å². The zero-order valence-electron chi connectivity index (χ0n) is 3.57. The van der Waals surface area contributed by atoms with Gasteiger partial charge in [0.05, 0.1) is 0 Å². The molecule has 29 valence electrons. The van der Waals surface area contributed by atoms with Crippen molar-refractivity contribution in [2.24, 2.45) is 0 Å². The van der Waals surface area contributed by atoms with E-state index in [0.29, 0.717) is 0 Å². The molecule has 0 aliphatic heterocycles. The first-order valence-electron chi connectivity index (χ1n) is 1.82. The molecule has 0 aliphatic carbocycles. The normalized spacial score (nSPS) is 8.40. The molecule has 0 saturated heterocycles. The van der Waals surface area contributed by atoms with Crippen LogP contribution in [0.25, 0.3) is 0 Å². The molecule has 0 amide bonds. The quantitative estimate of drug-likeness (QED) is 0.462. The van der Waals surface area contributed by atoms with E-state index in [1.165, 1.54) is 0 Å². The Kier molecular flexibility index (Phi) is 4.00. The maximum absolute atomic E-state index is 3.59. The number of unbranched alkanes of at least 4 members (excludes halogenated alkanes) is 2. The van der Waals surface area contributed by atoms with Crippen molar-refractivity contribution in [1.29, 1.82) is 0 Å². The molecule has 0 unspecified atom stereocenters. The van der Waals surface area contributed by atoms with Gasteiger partial charge in [-0.1, -0.05) is 13.8 Å². The van der Waals surface area contributed by atoms with Crippen molar-refractivity contribution >= 4 is 0 Å². The molecule has 0 spiro atoms. The van der Waals surface area contributed by atoms with Gasteiger partial charge in [-0.25, -0.2) is 0 Å². The van der Waals surface area contributed by atoms with Gasteiger partial charge in [0, 0.05) is 0 Å². The van der Waals surface area contributed by atoms with Gasteiger partial charge < -0.3 is 0 Å². The van der Waals surface area contributed by atoms with Crippen molar-refractivity contribution < 1.29 is 0 Å². The molecule has 0 aliphatic rings. The Hall–Kier alpha value is 0. The van der Waals surface area contributed by atoms with Crippen LogP contribution in [0, 0.1) is 19.8 Å². The molecule has 0 aromatic carbocycles. The van der Waals surface area contributed by atoms with Crippen molar-refractivity contribution in [2.45, 2.75) is 13.3 Å². The summed E-state index contributed by atoms with van der Waals surface area (Å²) in [6.45, 7) is 5.58. The van der Waals surface area contributed by atoms with E-state index in [9.17, 15) is 0 Å². The molecule has 0 fully saturated rings. The molecule has 0 bridgehead atoms. The van der Waals surface area contributed by atoms with Crippen molar-refractivity contribution in [3.05, 3.63) is 19.8 Å². The van der Waals surface area contributed by atoms with E-state index in [4.69, 9.17) is 0 Å². The summed E-state index contributed by atoms with van der Waals surface area (Å²) in [5.74, 6) is 0. The fourth-order valence-electron chi connectivity index (χ4n) is 0.167. The van der Waals surface area contributed by atoms with Gasteiger partial charge in [-0.05, 0) is 19.3 Å². The van der Waals surface area contributed by atoms with Crippen LogP contribution in [0.3, 0.4) is 0 Å². The zero-order chi connectivity index (χ0) is 4.12. The highest BCUT2D eigenvalue weighted by atomic mass is 13.7. The molecular formula is C5H9. The molecule has 0 aromatic heterocycles. The number of hydrogen-bond acceptors (Lipinski definition) is 0. The third-order valence-corrected chi connectivity index (χ3v) is 0.402. The maximum Gasteiger partial charge on any atom is -0.0355 e. The molecule has 0 saturated carbocycles. The molecule has 0 nitrogen and oxygen atoms in total. The lowest BCUT2D eigenvalue weighted by molar-refractivity contribution is 1.21. The van der Waals surface area contributed by atoms with Gasteiger partial charge in [-0.3, -0.25) is 0 Å². The lowest BCUT2D eigenvalue weighted by Gasteiger charge is -1.77. The average molecular weight is 69.1 g/mol. The number of hydrogen-bond donors (Lipinski definition) is 0. The predicted octanol–water partition coefficient (Wildman–Crippen LogP) is 1.64.